The van der Waals surface area contributed by atoms with E-state index in [0.29, 0.717) is 18.7 Å². The fraction of sp³-hybridized carbons (Fsp3) is 0.462. The van der Waals surface area contributed by atoms with Crippen LogP contribution in [0.5, 0.6) is 5.75 Å². The monoisotopic (exact) mass is 315 g/mol. The molecule has 0 saturated carbocycles. The summed E-state index contributed by atoms with van der Waals surface area (Å²) in [6, 6.07) is 4.84. The molecular weight excluding hydrogens is 298 g/mol. The SMILES string of the molecule is CCN(C(=O)c1ccc(Br)cc1O)C(C)COC. The summed E-state index contributed by atoms with van der Waals surface area (Å²) in [5.41, 5.74) is 0.308. The van der Waals surface area contributed by atoms with E-state index in [2.05, 4.69) is 15.9 Å². The number of hydrogen-bond donors (Lipinski definition) is 1. The Morgan fingerprint density at radius 1 is 1.56 bits per heavy atom. The molecule has 1 rings (SSSR count). The topological polar surface area (TPSA) is 49.8 Å². The number of amides is 1. The Balaban J connectivity index is 2.96. The summed E-state index contributed by atoms with van der Waals surface area (Å²) < 4.78 is 5.80. The van der Waals surface area contributed by atoms with Crippen LogP contribution in [0.3, 0.4) is 0 Å². The van der Waals surface area contributed by atoms with Crippen LogP contribution < -0.4 is 0 Å². The van der Waals surface area contributed by atoms with Crippen molar-refractivity contribution in [2.24, 2.45) is 0 Å². The molecule has 0 aliphatic heterocycles. The summed E-state index contributed by atoms with van der Waals surface area (Å²) in [4.78, 5) is 14.0. The zero-order valence-corrected chi connectivity index (χ0v) is 12.4. The third-order valence-corrected chi connectivity index (χ3v) is 3.22. The van der Waals surface area contributed by atoms with Crippen LogP contribution in [0.25, 0.3) is 0 Å². The van der Waals surface area contributed by atoms with Crippen LogP contribution in [0.15, 0.2) is 22.7 Å². The van der Waals surface area contributed by atoms with E-state index in [1.807, 2.05) is 13.8 Å². The lowest BCUT2D eigenvalue weighted by molar-refractivity contribution is 0.0576. The van der Waals surface area contributed by atoms with Gasteiger partial charge in [0.15, 0.2) is 0 Å². The fourth-order valence-corrected chi connectivity index (χ4v) is 2.18. The summed E-state index contributed by atoms with van der Waals surface area (Å²) in [5, 5.41) is 9.81. The van der Waals surface area contributed by atoms with Gasteiger partial charge >= 0.3 is 0 Å². The molecule has 0 fully saturated rings. The van der Waals surface area contributed by atoms with Crippen molar-refractivity contribution in [3.8, 4) is 5.75 Å². The second kappa shape index (κ2) is 6.75. The Kier molecular flexibility index (Phi) is 5.62. The van der Waals surface area contributed by atoms with Gasteiger partial charge in [-0.2, -0.15) is 0 Å². The van der Waals surface area contributed by atoms with Crippen LogP contribution in [-0.4, -0.2) is 42.2 Å². The zero-order chi connectivity index (χ0) is 13.7. The number of hydrogen-bond acceptors (Lipinski definition) is 3. The largest absolute Gasteiger partial charge is 0.507 e. The average Bonchev–Trinajstić information content (AvgIpc) is 2.29. The lowest BCUT2D eigenvalue weighted by Crippen LogP contribution is -2.40. The van der Waals surface area contributed by atoms with Gasteiger partial charge in [0.1, 0.15) is 5.75 Å². The van der Waals surface area contributed by atoms with E-state index in [-0.39, 0.29) is 17.7 Å². The van der Waals surface area contributed by atoms with Crippen LogP contribution in [0.1, 0.15) is 24.2 Å². The average molecular weight is 316 g/mol. The van der Waals surface area contributed by atoms with Gasteiger partial charge in [-0.05, 0) is 32.0 Å². The van der Waals surface area contributed by atoms with E-state index in [1.54, 1.807) is 24.1 Å². The molecule has 0 spiro atoms. The van der Waals surface area contributed by atoms with Gasteiger partial charge in [-0.3, -0.25) is 4.79 Å². The minimum atomic E-state index is -0.188. The molecule has 4 nitrogen and oxygen atoms in total. The summed E-state index contributed by atoms with van der Waals surface area (Å²) in [6.07, 6.45) is 0. The first kappa shape index (κ1) is 15.0. The Bertz CT molecular complexity index is 423. The van der Waals surface area contributed by atoms with Gasteiger partial charge in [0, 0.05) is 18.1 Å². The summed E-state index contributed by atoms with van der Waals surface area (Å²) >= 11 is 3.25. The fourth-order valence-electron chi connectivity index (χ4n) is 1.83. The molecule has 1 unspecified atom stereocenters. The number of methoxy groups -OCH3 is 1. The molecule has 0 aliphatic rings. The molecule has 1 N–H and O–H groups in total. The first-order valence-electron chi connectivity index (χ1n) is 5.79. The van der Waals surface area contributed by atoms with Gasteiger partial charge in [0.25, 0.3) is 5.91 Å². The number of benzene rings is 1. The van der Waals surface area contributed by atoms with Crippen LogP contribution in [0.2, 0.25) is 0 Å². The third-order valence-electron chi connectivity index (χ3n) is 2.73. The summed E-state index contributed by atoms with van der Waals surface area (Å²) in [5.74, 6) is -0.204. The molecule has 0 aromatic heterocycles. The molecule has 1 atom stereocenters. The lowest BCUT2D eigenvalue weighted by Gasteiger charge is -2.27. The quantitative estimate of drug-likeness (QED) is 0.908. The van der Waals surface area contributed by atoms with Gasteiger partial charge in [0.2, 0.25) is 0 Å². The van der Waals surface area contributed by atoms with Gasteiger partial charge < -0.3 is 14.7 Å². The first-order chi connectivity index (χ1) is 8.51. The molecule has 1 aromatic rings. The van der Waals surface area contributed by atoms with Crippen LogP contribution in [-0.2, 0) is 4.74 Å². The first-order valence-corrected chi connectivity index (χ1v) is 6.59. The van der Waals surface area contributed by atoms with E-state index in [9.17, 15) is 9.90 Å². The van der Waals surface area contributed by atoms with Crippen molar-refractivity contribution in [1.29, 1.82) is 0 Å². The normalized spacial score (nSPS) is 12.2. The van der Waals surface area contributed by atoms with Crippen molar-refractivity contribution in [2.45, 2.75) is 19.9 Å². The summed E-state index contributed by atoms with van der Waals surface area (Å²) in [7, 11) is 1.60. The van der Waals surface area contributed by atoms with E-state index in [1.165, 1.54) is 6.07 Å². The highest BCUT2D eigenvalue weighted by Crippen LogP contribution is 2.24. The number of phenolic OH excluding ortho intramolecular Hbond substituents is 1. The van der Waals surface area contributed by atoms with Gasteiger partial charge in [-0.1, -0.05) is 15.9 Å². The number of nitrogens with zero attached hydrogens (tertiary/aromatic N) is 1. The number of phenols is 1. The maximum Gasteiger partial charge on any atom is 0.257 e. The van der Waals surface area contributed by atoms with Crippen molar-refractivity contribution >= 4 is 21.8 Å². The number of aromatic hydroxyl groups is 1. The molecule has 18 heavy (non-hydrogen) atoms. The maximum absolute atomic E-state index is 12.3. The highest BCUT2D eigenvalue weighted by atomic mass is 79.9. The highest BCUT2D eigenvalue weighted by molar-refractivity contribution is 9.10. The predicted octanol–water partition coefficient (Wildman–Crippen LogP) is 2.65. The smallest absolute Gasteiger partial charge is 0.257 e. The molecule has 1 aromatic carbocycles. The summed E-state index contributed by atoms with van der Waals surface area (Å²) in [6.45, 7) is 4.86. The zero-order valence-electron chi connectivity index (χ0n) is 10.8. The Labute approximate surface area is 116 Å². The second-order valence-electron chi connectivity index (χ2n) is 4.06. The molecule has 0 aliphatic carbocycles. The van der Waals surface area contributed by atoms with Crippen molar-refractivity contribution in [3.05, 3.63) is 28.2 Å². The standard InChI is InChI=1S/C13H18BrNO3/c1-4-15(9(2)8-18-3)13(17)11-6-5-10(14)7-12(11)16/h5-7,9,16H,4,8H2,1-3H3. The molecule has 0 saturated heterocycles. The molecule has 0 bridgehead atoms. The maximum atomic E-state index is 12.3. The molecule has 1 amide bonds. The minimum absolute atomic E-state index is 0.0163. The van der Waals surface area contributed by atoms with Crippen molar-refractivity contribution in [1.82, 2.24) is 4.90 Å². The third kappa shape index (κ3) is 3.46. The lowest BCUT2D eigenvalue weighted by atomic mass is 10.1. The number of halogens is 1. The number of rotatable bonds is 5. The predicted molar refractivity (Wildman–Crippen MR) is 73.9 cm³/mol. The van der Waals surface area contributed by atoms with Gasteiger partial charge in [-0.15, -0.1) is 0 Å². The minimum Gasteiger partial charge on any atom is -0.507 e. The molecule has 0 heterocycles. The number of likely N-dealkylation sites (N-methyl/N-ethyl adjacent to an activating group) is 1. The molecular formula is C13H18BrNO3. The molecule has 5 heteroatoms. The van der Waals surface area contributed by atoms with Crippen molar-refractivity contribution < 1.29 is 14.6 Å². The van der Waals surface area contributed by atoms with E-state index < -0.39 is 0 Å². The number of ether oxygens (including phenoxy) is 1. The van der Waals surface area contributed by atoms with Gasteiger partial charge in [0.05, 0.1) is 18.2 Å². The van der Waals surface area contributed by atoms with Crippen LogP contribution >= 0.6 is 15.9 Å². The van der Waals surface area contributed by atoms with Crippen molar-refractivity contribution in [2.75, 3.05) is 20.3 Å². The van der Waals surface area contributed by atoms with E-state index in [4.69, 9.17) is 4.74 Å². The molecule has 100 valence electrons. The molecule has 0 radical (unpaired) electrons. The van der Waals surface area contributed by atoms with E-state index >= 15 is 0 Å². The number of carbonyl (C=O) groups excluding carboxylic acids is 1. The van der Waals surface area contributed by atoms with Crippen LogP contribution in [0.4, 0.5) is 0 Å². The highest BCUT2D eigenvalue weighted by Gasteiger charge is 2.22. The second-order valence-corrected chi connectivity index (χ2v) is 4.97. The number of carbonyl (C=O) groups is 1. The Morgan fingerprint density at radius 3 is 2.72 bits per heavy atom. The van der Waals surface area contributed by atoms with Crippen LogP contribution in [0, 0.1) is 0 Å². The van der Waals surface area contributed by atoms with E-state index in [0.717, 1.165) is 4.47 Å². The Hall–Kier alpha value is -1.07. The van der Waals surface area contributed by atoms with Gasteiger partial charge in [-0.25, -0.2) is 0 Å². The van der Waals surface area contributed by atoms with Crippen molar-refractivity contribution in [3.63, 3.8) is 0 Å². The Morgan fingerprint density at radius 2 is 2.22 bits per heavy atom.